The number of hydrogen-bond acceptors (Lipinski definition) is 5. The molecule has 0 bridgehead atoms. The maximum Gasteiger partial charge on any atom is 0.134 e. The van der Waals surface area contributed by atoms with Crippen LogP contribution in [0.1, 0.15) is 24.0 Å². The summed E-state index contributed by atoms with van der Waals surface area (Å²) in [5, 5.41) is 13.9. The minimum absolute atomic E-state index is 0.0289. The molecule has 26 heavy (non-hydrogen) atoms. The van der Waals surface area contributed by atoms with E-state index in [0.717, 1.165) is 57.0 Å². The average molecular weight is 348 g/mol. The molecule has 1 saturated heterocycles. The summed E-state index contributed by atoms with van der Waals surface area (Å²) < 4.78 is 0. The third kappa shape index (κ3) is 2.46. The van der Waals surface area contributed by atoms with Gasteiger partial charge in [-0.3, -0.25) is 9.89 Å². The molecule has 0 saturated carbocycles. The second-order valence-corrected chi connectivity index (χ2v) is 7.46. The molecule has 1 spiro atoms. The van der Waals surface area contributed by atoms with E-state index in [1.165, 1.54) is 11.3 Å². The standard InChI is InChI=1S/C21H24N4O/c26-19-8-4-1-5-16(19)15-24-12-9-21(10-13-24)23-18-7-3-2-6-17(18)20-22-11-14-25(20)21/h1-8,23,26H,9-15H2. The number of aliphatic imine (C=N–C) groups is 1. The van der Waals surface area contributed by atoms with Gasteiger partial charge in [0.05, 0.1) is 6.54 Å². The van der Waals surface area contributed by atoms with Crippen LogP contribution in [0, 0.1) is 0 Å². The predicted octanol–water partition coefficient (Wildman–Crippen LogP) is 2.87. The molecule has 0 aromatic heterocycles. The van der Waals surface area contributed by atoms with Gasteiger partial charge < -0.3 is 15.3 Å². The van der Waals surface area contributed by atoms with Crippen LogP contribution in [0.25, 0.3) is 0 Å². The number of piperidine rings is 1. The van der Waals surface area contributed by atoms with E-state index in [9.17, 15) is 5.11 Å². The highest BCUT2D eigenvalue weighted by Crippen LogP contribution is 2.39. The van der Waals surface area contributed by atoms with Crippen molar-refractivity contribution in [2.24, 2.45) is 4.99 Å². The normalized spacial score (nSPS) is 21.1. The smallest absolute Gasteiger partial charge is 0.134 e. The first-order valence-corrected chi connectivity index (χ1v) is 9.44. The summed E-state index contributed by atoms with van der Waals surface area (Å²) in [6.07, 6.45) is 2.10. The lowest BCUT2D eigenvalue weighted by atomic mass is 9.90. The summed E-state index contributed by atoms with van der Waals surface area (Å²) in [5.41, 5.74) is 3.42. The quantitative estimate of drug-likeness (QED) is 0.876. The largest absolute Gasteiger partial charge is 0.508 e. The Hall–Kier alpha value is -2.53. The monoisotopic (exact) mass is 348 g/mol. The third-order valence-electron chi connectivity index (χ3n) is 5.96. The highest BCUT2D eigenvalue weighted by molar-refractivity contribution is 6.06. The maximum atomic E-state index is 10.1. The van der Waals surface area contributed by atoms with Gasteiger partial charge in [-0.2, -0.15) is 0 Å². The van der Waals surface area contributed by atoms with E-state index >= 15 is 0 Å². The van der Waals surface area contributed by atoms with Crippen LogP contribution in [-0.4, -0.2) is 52.6 Å². The number of rotatable bonds is 2. The van der Waals surface area contributed by atoms with Crippen LogP contribution in [0.3, 0.4) is 0 Å². The summed E-state index contributed by atoms with van der Waals surface area (Å²) in [6, 6.07) is 16.2. The van der Waals surface area contributed by atoms with Crippen LogP contribution >= 0.6 is 0 Å². The van der Waals surface area contributed by atoms with Crippen molar-refractivity contribution in [3.8, 4) is 5.75 Å². The van der Waals surface area contributed by atoms with E-state index < -0.39 is 0 Å². The Balaban J connectivity index is 1.36. The zero-order valence-corrected chi connectivity index (χ0v) is 14.9. The molecule has 5 rings (SSSR count). The lowest BCUT2D eigenvalue weighted by Crippen LogP contribution is -2.63. The molecule has 0 unspecified atom stereocenters. The number of nitrogens with one attached hydrogen (secondary N) is 1. The highest BCUT2D eigenvalue weighted by Gasteiger charge is 2.46. The molecule has 5 heteroatoms. The number of para-hydroxylation sites is 2. The van der Waals surface area contributed by atoms with Gasteiger partial charge in [0.1, 0.15) is 17.2 Å². The van der Waals surface area contributed by atoms with E-state index in [4.69, 9.17) is 4.99 Å². The molecule has 0 amide bonds. The van der Waals surface area contributed by atoms with Crippen molar-refractivity contribution in [3.05, 3.63) is 59.7 Å². The number of nitrogens with zero attached hydrogens (tertiary/aromatic N) is 3. The fourth-order valence-electron chi connectivity index (χ4n) is 4.56. The maximum absolute atomic E-state index is 10.1. The van der Waals surface area contributed by atoms with Gasteiger partial charge in [-0.1, -0.05) is 30.3 Å². The van der Waals surface area contributed by atoms with Crippen LogP contribution in [-0.2, 0) is 6.54 Å². The van der Waals surface area contributed by atoms with Crippen LogP contribution < -0.4 is 5.32 Å². The van der Waals surface area contributed by atoms with Crippen LogP contribution in [0.2, 0.25) is 0 Å². The van der Waals surface area contributed by atoms with Gasteiger partial charge in [-0.15, -0.1) is 0 Å². The summed E-state index contributed by atoms with van der Waals surface area (Å²) in [4.78, 5) is 9.74. The molecule has 0 radical (unpaired) electrons. The fraction of sp³-hybridized carbons (Fsp3) is 0.381. The Morgan fingerprint density at radius 1 is 1.00 bits per heavy atom. The molecule has 2 aromatic rings. The second kappa shape index (κ2) is 6.02. The molecule has 3 aliphatic rings. The SMILES string of the molecule is Oc1ccccc1CN1CCC2(CC1)Nc1ccccc1C1=NCCN12. The van der Waals surface area contributed by atoms with Crippen molar-refractivity contribution in [2.45, 2.75) is 25.0 Å². The molecule has 134 valence electrons. The van der Waals surface area contributed by atoms with Crippen molar-refractivity contribution in [1.29, 1.82) is 0 Å². The Morgan fingerprint density at radius 3 is 2.62 bits per heavy atom. The average Bonchev–Trinajstić information content (AvgIpc) is 3.17. The van der Waals surface area contributed by atoms with Gasteiger partial charge in [-0.05, 0) is 18.2 Å². The van der Waals surface area contributed by atoms with E-state index in [0.29, 0.717) is 5.75 Å². The number of benzene rings is 2. The predicted molar refractivity (Wildman–Crippen MR) is 104 cm³/mol. The Kier molecular flexibility index (Phi) is 3.64. The number of aromatic hydroxyl groups is 1. The first kappa shape index (κ1) is 15.7. The van der Waals surface area contributed by atoms with Gasteiger partial charge in [0.25, 0.3) is 0 Å². The number of phenolic OH excluding ortho intramolecular Hbond substituents is 1. The molecule has 5 nitrogen and oxygen atoms in total. The molecular weight excluding hydrogens is 324 g/mol. The second-order valence-electron chi connectivity index (χ2n) is 7.46. The van der Waals surface area contributed by atoms with Crippen LogP contribution in [0.4, 0.5) is 5.69 Å². The van der Waals surface area contributed by atoms with Crippen molar-refractivity contribution in [1.82, 2.24) is 9.80 Å². The molecule has 2 aromatic carbocycles. The number of amidine groups is 1. The summed E-state index contributed by atoms with van der Waals surface area (Å²) >= 11 is 0. The van der Waals surface area contributed by atoms with Gasteiger partial charge in [0.2, 0.25) is 0 Å². The number of phenols is 1. The van der Waals surface area contributed by atoms with E-state index in [-0.39, 0.29) is 5.66 Å². The van der Waals surface area contributed by atoms with E-state index in [1.54, 1.807) is 6.07 Å². The highest BCUT2D eigenvalue weighted by atomic mass is 16.3. The molecule has 1 fully saturated rings. The Labute approximate surface area is 154 Å². The molecule has 3 heterocycles. The molecule has 0 atom stereocenters. The Morgan fingerprint density at radius 2 is 1.77 bits per heavy atom. The van der Waals surface area contributed by atoms with Crippen LogP contribution in [0.5, 0.6) is 5.75 Å². The minimum Gasteiger partial charge on any atom is -0.508 e. The number of anilines is 1. The van der Waals surface area contributed by atoms with E-state index in [2.05, 4.69) is 39.4 Å². The van der Waals surface area contributed by atoms with Crippen molar-refractivity contribution >= 4 is 11.5 Å². The zero-order chi connectivity index (χ0) is 17.6. The van der Waals surface area contributed by atoms with Crippen molar-refractivity contribution in [2.75, 3.05) is 31.5 Å². The molecule has 2 N–H and O–H groups in total. The molecular formula is C21H24N4O. The van der Waals surface area contributed by atoms with Gasteiger partial charge in [-0.25, -0.2) is 0 Å². The van der Waals surface area contributed by atoms with Crippen molar-refractivity contribution < 1.29 is 5.11 Å². The van der Waals surface area contributed by atoms with Gasteiger partial charge >= 0.3 is 0 Å². The third-order valence-corrected chi connectivity index (χ3v) is 5.96. The van der Waals surface area contributed by atoms with Crippen molar-refractivity contribution in [3.63, 3.8) is 0 Å². The summed E-state index contributed by atoms with van der Waals surface area (Å²) in [5.74, 6) is 1.56. The number of fused-ring (bicyclic) bond motifs is 4. The number of hydrogen-bond donors (Lipinski definition) is 2. The number of likely N-dealkylation sites (tertiary alicyclic amines) is 1. The first-order valence-electron chi connectivity index (χ1n) is 9.44. The molecule has 3 aliphatic heterocycles. The summed E-state index contributed by atoms with van der Waals surface area (Å²) in [6.45, 7) is 4.70. The van der Waals surface area contributed by atoms with Gasteiger partial charge in [0, 0.05) is 55.8 Å². The van der Waals surface area contributed by atoms with Crippen LogP contribution in [0.15, 0.2) is 53.5 Å². The van der Waals surface area contributed by atoms with Gasteiger partial charge in [0.15, 0.2) is 0 Å². The summed E-state index contributed by atoms with van der Waals surface area (Å²) in [7, 11) is 0. The topological polar surface area (TPSA) is 51.1 Å². The Bertz CT molecular complexity index is 855. The zero-order valence-electron chi connectivity index (χ0n) is 14.9. The van der Waals surface area contributed by atoms with E-state index in [1.807, 2.05) is 18.2 Å². The minimum atomic E-state index is -0.0289. The first-order chi connectivity index (χ1) is 12.8. The lowest BCUT2D eigenvalue weighted by Gasteiger charge is -2.52. The molecule has 0 aliphatic carbocycles. The fourth-order valence-corrected chi connectivity index (χ4v) is 4.56. The lowest BCUT2D eigenvalue weighted by molar-refractivity contribution is 0.0891.